The molecule has 0 aliphatic heterocycles. The minimum absolute atomic E-state index is 0.837. The topological polar surface area (TPSA) is 25.8 Å². The summed E-state index contributed by atoms with van der Waals surface area (Å²) in [6, 6.07) is 5.93. The van der Waals surface area contributed by atoms with E-state index >= 15 is 0 Å². The molecule has 0 bridgehead atoms. The van der Waals surface area contributed by atoms with Crippen LogP contribution < -0.4 is 0 Å². The predicted octanol–water partition coefficient (Wildman–Crippen LogP) is 3.67. The monoisotopic (exact) mass is 312 g/mol. The molecule has 0 N–H and O–H groups in total. The largest absolute Gasteiger partial charge is 0.263 e. The van der Waals surface area contributed by atoms with Gasteiger partial charge in [-0.2, -0.15) is 0 Å². The Bertz CT molecular complexity index is 440. The third-order valence-corrected chi connectivity index (χ3v) is 2.67. The zero-order valence-corrected chi connectivity index (χ0v) is 10.3. The van der Waals surface area contributed by atoms with Crippen molar-refractivity contribution in [2.45, 2.75) is 0 Å². The Balaban J connectivity index is 2.44. The molecule has 2 rings (SSSR count). The fraction of sp³-hybridized carbons (Fsp3) is 0. The van der Waals surface area contributed by atoms with Gasteiger partial charge in [0.1, 0.15) is 4.60 Å². The van der Waals surface area contributed by atoms with E-state index in [1.165, 1.54) is 0 Å². The van der Waals surface area contributed by atoms with Crippen molar-refractivity contribution in [1.29, 1.82) is 0 Å². The zero-order valence-electron chi connectivity index (χ0n) is 7.11. The molecule has 4 heteroatoms. The molecule has 0 saturated carbocycles. The summed E-state index contributed by atoms with van der Waals surface area (Å²) in [7, 11) is 0. The molecular formula is C10H6Br2N2. The molecule has 2 aromatic rings. The van der Waals surface area contributed by atoms with Gasteiger partial charge in [-0.05, 0) is 44.0 Å². The van der Waals surface area contributed by atoms with Gasteiger partial charge in [0.15, 0.2) is 0 Å². The van der Waals surface area contributed by atoms with Crippen molar-refractivity contribution in [2.24, 2.45) is 0 Å². The zero-order chi connectivity index (χ0) is 9.97. The first-order valence-corrected chi connectivity index (χ1v) is 5.57. The van der Waals surface area contributed by atoms with Crippen LogP contribution in [0.2, 0.25) is 0 Å². The minimum Gasteiger partial charge on any atom is -0.263 e. The van der Waals surface area contributed by atoms with Gasteiger partial charge in [-0.1, -0.05) is 6.07 Å². The van der Waals surface area contributed by atoms with Crippen LogP contribution in [0.4, 0.5) is 0 Å². The van der Waals surface area contributed by atoms with Gasteiger partial charge >= 0.3 is 0 Å². The van der Waals surface area contributed by atoms with Crippen LogP contribution in [0.1, 0.15) is 0 Å². The summed E-state index contributed by atoms with van der Waals surface area (Å²) >= 11 is 6.68. The van der Waals surface area contributed by atoms with Crippen LogP contribution >= 0.6 is 31.9 Å². The van der Waals surface area contributed by atoms with Crippen molar-refractivity contribution in [3.05, 3.63) is 45.9 Å². The molecule has 0 spiro atoms. The van der Waals surface area contributed by atoms with Gasteiger partial charge in [0.2, 0.25) is 0 Å². The number of halogens is 2. The second kappa shape index (κ2) is 4.19. The summed E-state index contributed by atoms with van der Waals surface area (Å²) in [5.74, 6) is 0. The average Bonchev–Trinajstić information content (AvgIpc) is 2.19. The average molecular weight is 314 g/mol. The van der Waals surface area contributed by atoms with Crippen LogP contribution in [0.15, 0.2) is 45.9 Å². The van der Waals surface area contributed by atoms with Gasteiger partial charge < -0.3 is 0 Å². The second-order valence-electron chi connectivity index (χ2n) is 2.76. The summed E-state index contributed by atoms with van der Waals surface area (Å²) in [5.41, 5.74) is 2.11. The summed E-state index contributed by atoms with van der Waals surface area (Å²) in [6.45, 7) is 0. The van der Waals surface area contributed by atoms with E-state index in [4.69, 9.17) is 0 Å². The van der Waals surface area contributed by atoms with E-state index < -0.39 is 0 Å². The first-order chi connectivity index (χ1) is 6.75. The number of nitrogens with zero attached hydrogens (tertiary/aromatic N) is 2. The number of pyridine rings is 2. The Morgan fingerprint density at radius 3 is 2.43 bits per heavy atom. The van der Waals surface area contributed by atoms with Crippen LogP contribution in [-0.4, -0.2) is 9.97 Å². The molecule has 0 amide bonds. The van der Waals surface area contributed by atoms with Crippen LogP contribution in [-0.2, 0) is 0 Å². The number of aromatic nitrogens is 2. The predicted molar refractivity (Wildman–Crippen MR) is 62.9 cm³/mol. The third-order valence-electron chi connectivity index (χ3n) is 1.77. The lowest BCUT2D eigenvalue weighted by molar-refractivity contribution is 1.26. The standard InChI is InChI=1S/C10H6Br2N2/c11-9-3-8(4-13-6-9)7-1-2-10(12)14-5-7/h1-6H. The van der Waals surface area contributed by atoms with Crippen molar-refractivity contribution in [2.75, 3.05) is 0 Å². The van der Waals surface area contributed by atoms with Gasteiger partial charge in [-0.25, -0.2) is 4.98 Å². The molecule has 0 saturated heterocycles. The number of hydrogen-bond donors (Lipinski definition) is 0. The lowest BCUT2D eigenvalue weighted by Crippen LogP contribution is -1.82. The quantitative estimate of drug-likeness (QED) is 0.751. The highest BCUT2D eigenvalue weighted by Gasteiger charge is 1.98. The van der Waals surface area contributed by atoms with E-state index in [0.29, 0.717) is 0 Å². The fourth-order valence-electron chi connectivity index (χ4n) is 1.12. The van der Waals surface area contributed by atoms with Crippen LogP contribution in [0.25, 0.3) is 11.1 Å². The molecule has 0 aromatic carbocycles. The normalized spacial score (nSPS) is 10.1. The van der Waals surface area contributed by atoms with Gasteiger partial charge in [0, 0.05) is 34.2 Å². The Morgan fingerprint density at radius 2 is 1.79 bits per heavy atom. The maximum atomic E-state index is 4.16. The Kier molecular flexibility index (Phi) is 2.93. The molecule has 0 radical (unpaired) electrons. The lowest BCUT2D eigenvalue weighted by atomic mass is 10.1. The summed E-state index contributed by atoms with van der Waals surface area (Å²) in [4.78, 5) is 8.26. The van der Waals surface area contributed by atoms with Crippen molar-refractivity contribution >= 4 is 31.9 Å². The highest BCUT2D eigenvalue weighted by molar-refractivity contribution is 9.10. The van der Waals surface area contributed by atoms with Gasteiger partial charge in [-0.3, -0.25) is 4.98 Å². The lowest BCUT2D eigenvalue weighted by Gasteiger charge is -2.00. The van der Waals surface area contributed by atoms with Crippen molar-refractivity contribution in [3.8, 4) is 11.1 Å². The van der Waals surface area contributed by atoms with Gasteiger partial charge in [0.05, 0.1) is 0 Å². The second-order valence-corrected chi connectivity index (χ2v) is 4.49. The molecule has 2 heterocycles. The van der Waals surface area contributed by atoms with Crippen molar-refractivity contribution in [1.82, 2.24) is 9.97 Å². The summed E-state index contributed by atoms with van der Waals surface area (Å²) in [6.07, 6.45) is 5.39. The van der Waals surface area contributed by atoms with E-state index in [0.717, 1.165) is 20.2 Å². The molecule has 0 unspecified atom stereocenters. The molecule has 0 atom stereocenters. The molecule has 0 aliphatic carbocycles. The Morgan fingerprint density at radius 1 is 0.929 bits per heavy atom. The van der Waals surface area contributed by atoms with Crippen LogP contribution in [0, 0.1) is 0 Å². The van der Waals surface area contributed by atoms with Gasteiger partial charge in [0.25, 0.3) is 0 Å². The van der Waals surface area contributed by atoms with Crippen LogP contribution in [0.3, 0.4) is 0 Å². The Hall–Kier alpha value is -0.740. The highest BCUT2D eigenvalue weighted by Crippen LogP contribution is 2.21. The van der Waals surface area contributed by atoms with Crippen LogP contribution in [0.5, 0.6) is 0 Å². The molecule has 2 aromatic heterocycles. The fourth-order valence-corrected chi connectivity index (χ4v) is 1.72. The Labute approximate surface area is 98.7 Å². The molecule has 2 nitrogen and oxygen atoms in total. The van der Waals surface area contributed by atoms with Crippen molar-refractivity contribution < 1.29 is 0 Å². The minimum atomic E-state index is 0.837. The SMILES string of the molecule is Brc1cncc(-c2ccc(Br)nc2)c1. The summed E-state index contributed by atoms with van der Waals surface area (Å²) in [5, 5.41) is 0. The van der Waals surface area contributed by atoms with E-state index in [9.17, 15) is 0 Å². The highest BCUT2D eigenvalue weighted by atomic mass is 79.9. The molecule has 70 valence electrons. The van der Waals surface area contributed by atoms with E-state index in [-0.39, 0.29) is 0 Å². The maximum absolute atomic E-state index is 4.16. The molecule has 14 heavy (non-hydrogen) atoms. The first kappa shape index (κ1) is 9.80. The third kappa shape index (κ3) is 2.19. The van der Waals surface area contributed by atoms with Gasteiger partial charge in [-0.15, -0.1) is 0 Å². The molecule has 0 aliphatic rings. The van der Waals surface area contributed by atoms with E-state index in [1.807, 2.05) is 30.6 Å². The smallest absolute Gasteiger partial charge is 0.106 e. The first-order valence-electron chi connectivity index (χ1n) is 3.98. The summed E-state index contributed by atoms with van der Waals surface area (Å²) < 4.78 is 1.81. The number of hydrogen-bond acceptors (Lipinski definition) is 2. The molecule has 0 fully saturated rings. The van der Waals surface area contributed by atoms with E-state index in [2.05, 4.69) is 41.8 Å². The maximum Gasteiger partial charge on any atom is 0.106 e. The number of rotatable bonds is 1. The van der Waals surface area contributed by atoms with Crippen molar-refractivity contribution in [3.63, 3.8) is 0 Å². The molecular weight excluding hydrogens is 308 g/mol. The van der Waals surface area contributed by atoms with E-state index in [1.54, 1.807) is 6.20 Å².